The van der Waals surface area contributed by atoms with E-state index in [0.29, 0.717) is 29.7 Å². The summed E-state index contributed by atoms with van der Waals surface area (Å²) < 4.78 is 54.2. The number of esters is 5. The zero-order chi connectivity index (χ0) is 47.9. The summed E-state index contributed by atoms with van der Waals surface area (Å²) in [5.74, 6) is -6.89. The van der Waals surface area contributed by atoms with E-state index >= 15 is 0 Å². The minimum atomic E-state index is -3.80. The van der Waals surface area contributed by atoms with Gasteiger partial charge in [0.05, 0.1) is 16.8 Å². The van der Waals surface area contributed by atoms with Crippen LogP contribution in [-0.4, -0.2) is 119 Å². The number of carbonyl (C=O) groups excluding carboxylic acids is 7. The van der Waals surface area contributed by atoms with Crippen molar-refractivity contribution < 1.29 is 70.8 Å². The van der Waals surface area contributed by atoms with Gasteiger partial charge >= 0.3 is 29.8 Å². The Morgan fingerprint density at radius 2 is 1.45 bits per heavy atom. The molecule has 3 rings (SSSR count). The number of amides is 2. The van der Waals surface area contributed by atoms with Crippen LogP contribution in [-0.2, 0) is 67.1 Å². The second kappa shape index (κ2) is 23.9. The standard InChI is InChI=1S/C45H63N3O15S/c1-10-12-21-45(11-2)26-64(57,58)37-20-19-34(48(8)9)24-35(37)39(43(45)55)32-16-15-17-33(23-32)47-38(54)18-13-14-22-46-44(56)42(63-31(7)53)41(62-30(6)52)40(61-29(5)51)36(60-28(4)50)25-59-27(3)49/h15-17,19-20,23-24,36,39-43,55H,10-14,18,21-22,25-26H2,1-9H3,(H,46,56)(H,47,54)/t36-,39-,40-,41+,42-,43-,45-/m1/s1. The molecule has 1 aliphatic heterocycles. The number of ether oxygens (including phenoxy) is 5. The van der Waals surface area contributed by atoms with Crippen LogP contribution in [0, 0.1) is 5.41 Å². The third kappa shape index (κ3) is 14.8. The number of rotatable bonds is 22. The second-order valence-corrected chi connectivity index (χ2v) is 18.1. The van der Waals surface area contributed by atoms with E-state index in [9.17, 15) is 47.1 Å². The van der Waals surface area contributed by atoms with E-state index < -0.39 is 94.1 Å². The van der Waals surface area contributed by atoms with Crippen molar-refractivity contribution in [3.05, 3.63) is 53.6 Å². The lowest BCUT2D eigenvalue weighted by Crippen LogP contribution is -2.57. The summed E-state index contributed by atoms with van der Waals surface area (Å²) in [6.07, 6.45) is -5.25. The Bertz CT molecular complexity index is 2110. The minimum absolute atomic E-state index is 0.00751. The Hall–Kier alpha value is -5.56. The van der Waals surface area contributed by atoms with Crippen LogP contribution in [0.15, 0.2) is 47.4 Å². The number of benzene rings is 2. The second-order valence-electron chi connectivity index (χ2n) is 16.2. The molecule has 0 spiro atoms. The molecule has 0 saturated carbocycles. The maximum atomic E-state index is 14.0. The van der Waals surface area contributed by atoms with Crippen LogP contribution >= 0.6 is 0 Å². The van der Waals surface area contributed by atoms with Crippen LogP contribution in [0.3, 0.4) is 0 Å². The first-order valence-electron chi connectivity index (χ1n) is 21.3. The summed E-state index contributed by atoms with van der Waals surface area (Å²) in [5, 5.41) is 17.8. The number of nitrogens with zero attached hydrogens (tertiary/aromatic N) is 1. The topological polar surface area (TPSA) is 247 Å². The van der Waals surface area contributed by atoms with Gasteiger partial charge in [-0.05, 0) is 67.1 Å². The molecule has 0 aromatic heterocycles. The number of aliphatic hydroxyl groups is 1. The predicted octanol–water partition coefficient (Wildman–Crippen LogP) is 4.13. The van der Waals surface area contributed by atoms with E-state index in [1.165, 1.54) is 0 Å². The van der Waals surface area contributed by atoms with Gasteiger partial charge in [0, 0.05) is 84.4 Å². The molecule has 7 atom stereocenters. The molecule has 1 heterocycles. The maximum absolute atomic E-state index is 14.0. The Labute approximate surface area is 375 Å². The highest BCUT2D eigenvalue weighted by Gasteiger charge is 2.50. The zero-order valence-electron chi connectivity index (χ0n) is 38.1. The fourth-order valence-corrected chi connectivity index (χ4v) is 10.1. The van der Waals surface area contributed by atoms with Crippen LogP contribution in [0.5, 0.6) is 0 Å². The van der Waals surface area contributed by atoms with Crippen molar-refractivity contribution in [3.8, 4) is 0 Å². The highest BCUT2D eigenvalue weighted by atomic mass is 32.2. The van der Waals surface area contributed by atoms with Gasteiger partial charge in [0.25, 0.3) is 5.91 Å². The number of hydrogen-bond acceptors (Lipinski definition) is 16. The lowest BCUT2D eigenvalue weighted by Gasteiger charge is -2.39. The largest absolute Gasteiger partial charge is 0.462 e. The SMILES string of the molecule is CCCC[C@]1(CC)CS(=O)(=O)c2ccc(N(C)C)cc2[C@@H](c2cccc(NC(=O)CCCCNC(=O)[C@H](OC(C)=O)[C@@H](OC(C)=O)[C@H](OC(C)=O)[C@@H](COC(C)=O)OC(C)=O)c2)[C@H]1O. The van der Waals surface area contributed by atoms with Gasteiger partial charge in [-0.3, -0.25) is 33.6 Å². The molecule has 1 aliphatic rings. The lowest BCUT2D eigenvalue weighted by atomic mass is 9.69. The molecule has 18 nitrogen and oxygen atoms in total. The fourth-order valence-electron chi connectivity index (χ4n) is 7.86. The average Bonchev–Trinajstić information content (AvgIpc) is 3.27. The first-order chi connectivity index (χ1) is 30.0. The van der Waals surface area contributed by atoms with Crippen molar-refractivity contribution in [2.24, 2.45) is 5.41 Å². The highest BCUT2D eigenvalue weighted by Crippen LogP contribution is 2.49. The summed E-state index contributed by atoms with van der Waals surface area (Å²) in [4.78, 5) is 89.2. The molecule has 0 bridgehead atoms. The molecule has 0 unspecified atom stereocenters. The molecule has 0 fully saturated rings. The molecular weight excluding hydrogens is 855 g/mol. The molecule has 19 heteroatoms. The zero-order valence-corrected chi connectivity index (χ0v) is 38.9. The molecule has 0 radical (unpaired) electrons. The molecule has 0 aliphatic carbocycles. The van der Waals surface area contributed by atoms with Gasteiger partial charge in [-0.1, -0.05) is 38.8 Å². The third-order valence-corrected chi connectivity index (χ3v) is 12.9. The minimum Gasteiger partial charge on any atom is -0.462 e. The van der Waals surface area contributed by atoms with E-state index in [1.807, 2.05) is 45.0 Å². The molecular formula is C45H63N3O15S. The predicted molar refractivity (Wildman–Crippen MR) is 234 cm³/mol. The van der Waals surface area contributed by atoms with E-state index in [2.05, 4.69) is 10.6 Å². The maximum Gasteiger partial charge on any atom is 0.303 e. The molecule has 0 saturated heterocycles. The number of unbranched alkanes of at least 4 members (excludes halogenated alkanes) is 2. The van der Waals surface area contributed by atoms with Gasteiger partial charge in [-0.2, -0.15) is 0 Å². The smallest absolute Gasteiger partial charge is 0.303 e. The number of sulfone groups is 1. The van der Waals surface area contributed by atoms with Crippen molar-refractivity contribution in [2.75, 3.05) is 43.2 Å². The Morgan fingerprint density at radius 3 is 2.03 bits per heavy atom. The van der Waals surface area contributed by atoms with Gasteiger partial charge in [0.15, 0.2) is 28.1 Å². The highest BCUT2D eigenvalue weighted by molar-refractivity contribution is 7.91. The molecule has 2 amide bonds. The van der Waals surface area contributed by atoms with E-state index in [-0.39, 0.29) is 42.4 Å². The number of carbonyl (C=O) groups is 7. The van der Waals surface area contributed by atoms with Crippen LogP contribution in [0.4, 0.5) is 11.4 Å². The van der Waals surface area contributed by atoms with Gasteiger partial charge in [0.2, 0.25) is 12.0 Å². The van der Waals surface area contributed by atoms with E-state index in [0.717, 1.165) is 53.1 Å². The summed E-state index contributed by atoms with van der Waals surface area (Å²) in [6, 6.07) is 12.2. The molecule has 3 N–H and O–H groups in total. The lowest BCUT2D eigenvalue weighted by molar-refractivity contribution is -0.203. The summed E-state index contributed by atoms with van der Waals surface area (Å²) in [5.41, 5.74) is 1.39. The molecule has 2 aromatic carbocycles. The first-order valence-corrected chi connectivity index (χ1v) is 22.9. The average molecular weight is 918 g/mol. The third-order valence-electron chi connectivity index (χ3n) is 10.9. The van der Waals surface area contributed by atoms with Gasteiger partial charge in [-0.15, -0.1) is 0 Å². The molecule has 2 aromatic rings. The number of aliphatic hydroxyl groups excluding tert-OH is 1. The quantitative estimate of drug-likeness (QED) is 0.0854. The van der Waals surface area contributed by atoms with Crippen LogP contribution in [0.25, 0.3) is 0 Å². The van der Waals surface area contributed by atoms with Crippen molar-refractivity contribution in [1.82, 2.24) is 5.32 Å². The Balaban J connectivity index is 1.81. The number of anilines is 2. The van der Waals surface area contributed by atoms with Crippen LogP contribution in [0.1, 0.15) is 110 Å². The fraction of sp³-hybridized carbons (Fsp3) is 0.578. The number of hydrogen-bond donors (Lipinski definition) is 3. The Kier molecular flexibility index (Phi) is 19.7. The first kappa shape index (κ1) is 52.8. The van der Waals surface area contributed by atoms with Crippen molar-refractivity contribution >= 4 is 62.9 Å². The summed E-state index contributed by atoms with van der Waals surface area (Å²) in [6.45, 7) is 8.24. The van der Waals surface area contributed by atoms with Gasteiger partial charge in [0.1, 0.15) is 6.61 Å². The van der Waals surface area contributed by atoms with Crippen molar-refractivity contribution in [1.29, 1.82) is 0 Å². The monoisotopic (exact) mass is 917 g/mol. The van der Waals surface area contributed by atoms with Gasteiger partial charge < -0.3 is 44.3 Å². The summed E-state index contributed by atoms with van der Waals surface area (Å²) >= 11 is 0. The van der Waals surface area contributed by atoms with Crippen molar-refractivity contribution in [3.63, 3.8) is 0 Å². The number of nitrogens with one attached hydrogen (secondary N) is 2. The van der Waals surface area contributed by atoms with Crippen molar-refractivity contribution in [2.45, 2.75) is 135 Å². The normalized spacial score (nSPS) is 19.5. The van der Waals surface area contributed by atoms with Crippen LogP contribution < -0.4 is 15.5 Å². The molecule has 64 heavy (non-hydrogen) atoms. The van der Waals surface area contributed by atoms with E-state index in [1.54, 1.807) is 30.3 Å². The number of fused-ring (bicyclic) bond motifs is 1. The van der Waals surface area contributed by atoms with Gasteiger partial charge in [-0.25, -0.2) is 8.42 Å². The van der Waals surface area contributed by atoms with E-state index in [4.69, 9.17) is 23.7 Å². The summed E-state index contributed by atoms with van der Waals surface area (Å²) in [7, 11) is -0.0968. The van der Waals surface area contributed by atoms with Crippen LogP contribution in [0.2, 0.25) is 0 Å². The Morgan fingerprint density at radius 1 is 0.812 bits per heavy atom. The molecule has 354 valence electrons.